The van der Waals surface area contributed by atoms with E-state index in [1.165, 1.54) is 31.2 Å². The van der Waals surface area contributed by atoms with Crippen LogP contribution in [0.25, 0.3) is 6.08 Å². The number of benzene rings is 2. The van der Waals surface area contributed by atoms with Crippen molar-refractivity contribution in [2.45, 2.75) is 32.8 Å². The van der Waals surface area contributed by atoms with Gasteiger partial charge in [-0.3, -0.25) is 14.5 Å². The van der Waals surface area contributed by atoms with Crippen molar-refractivity contribution < 1.29 is 31.9 Å². The van der Waals surface area contributed by atoms with Gasteiger partial charge in [-0.05, 0) is 42.8 Å². The molecule has 35 heavy (non-hydrogen) atoms. The van der Waals surface area contributed by atoms with E-state index in [0.29, 0.717) is 26.2 Å². The summed E-state index contributed by atoms with van der Waals surface area (Å²) in [4.78, 5) is 28.2. The summed E-state index contributed by atoms with van der Waals surface area (Å²) in [7, 11) is 0. The maximum atomic E-state index is 13.1. The van der Waals surface area contributed by atoms with Crippen LogP contribution in [0.3, 0.4) is 0 Å². The lowest BCUT2D eigenvalue weighted by atomic mass is 10.1. The molecule has 1 N–H and O–H groups in total. The van der Waals surface area contributed by atoms with Crippen molar-refractivity contribution in [2.75, 3.05) is 25.0 Å². The van der Waals surface area contributed by atoms with Crippen molar-refractivity contribution in [2.24, 2.45) is 0 Å². The first kappa shape index (κ1) is 26.5. The van der Waals surface area contributed by atoms with E-state index in [-0.39, 0.29) is 34.0 Å². The average molecular weight is 514 g/mol. The number of alkyl halides is 3. The zero-order chi connectivity index (χ0) is 25.8. The smallest absolute Gasteiger partial charge is 0.404 e. The second-order valence-electron chi connectivity index (χ2n) is 8.17. The fraction of sp³-hybridized carbons (Fsp3) is 0.333. The first-order valence-corrected chi connectivity index (χ1v) is 11.1. The standard InChI is InChI=1S/C24H24ClF4N3O3/c1-15-13-31(14-17-3-6-19(26)7-4-17)9-10-32(15)23(34)8-5-18-11-22(35-24(27,28)29)20(25)12-21(18)30-16(2)33/h3-8,11-12,15H,9-10,13-14H2,1-2H3,(H,30,33)/b8-5+. The van der Waals surface area contributed by atoms with E-state index < -0.39 is 18.0 Å². The summed E-state index contributed by atoms with van der Waals surface area (Å²) < 4.78 is 55.2. The molecule has 6 nitrogen and oxygen atoms in total. The minimum absolute atomic E-state index is 0.125. The summed E-state index contributed by atoms with van der Waals surface area (Å²) in [6.07, 6.45) is -2.41. The van der Waals surface area contributed by atoms with E-state index in [1.54, 1.807) is 17.0 Å². The Morgan fingerprint density at radius 2 is 1.89 bits per heavy atom. The SMILES string of the molecule is CC(=O)Nc1cc(Cl)c(OC(F)(F)F)cc1/C=C/C(=O)N1CCN(Cc2ccc(F)cc2)CC1C. The van der Waals surface area contributed by atoms with E-state index in [2.05, 4.69) is 15.0 Å². The summed E-state index contributed by atoms with van der Waals surface area (Å²) >= 11 is 5.88. The predicted molar refractivity (Wildman–Crippen MR) is 124 cm³/mol. The average Bonchev–Trinajstić information content (AvgIpc) is 2.75. The molecule has 0 bridgehead atoms. The molecule has 0 aromatic heterocycles. The van der Waals surface area contributed by atoms with Crippen molar-refractivity contribution >= 4 is 35.2 Å². The Bertz CT molecular complexity index is 1110. The predicted octanol–water partition coefficient (Wildman–Crippen LogP) is 5.08. The number of anilines is 1. The van der Waals surface area contributed by atoms with Gasteiger partial charge in [0.2, 0.25) is 11.8 Å². The van der Waals surface area contributed by atoms with Crippen LogP contribution in [0.5, 0.6) is 5.75 Å². The van der Waals surface area contributed by atoms with Gasteiger partial charge >= 0.3 is 6.36 Å². The van der Waals surface area contributed by atoms with Crippen molar-refractivity contribution in [3.8, 4) is 5.75 Å². The molecule has 0 aliphatic carbocycles. The third-order valence-corrected chi connectivity index (χ3v) is 5.66. The molecule has 1 unspecified atom stereocenters. The number of hydrogen-bond acceptors (Lipinski definition) is 4. The molecule has 1 fully saturated rings. The molecule has 1 aliphatic rings. The molecular weight excluding hydrogens is 490 g/mol. The second kappa shape index (κ2) is 11.1. The minimum Gasteiger partial charge on any atom is -0.404 e. The number of hydrogen-bond donors (Lipinski definition) is 1. The Labute approximate surface area is 205 Å². The zero-order valence-corrected chi connectivity index (χ0v) is 19.8. The number of piperazine rings is 1. The normalized spacial score (nSPS) is 17.0. The Morgan fingerprint density at radius 1 is 1.20 bits per heavy atom. The highest BCUT2D eigenvalue weighted by atomic mass is 35.5. The van der Waals surface area contributed by atoms with Crippen molar-refractivity contribution in [1.29, 1.82) is 0 Å². The molecular formula is C24H24ClF4N3O3. The van der Waals surface area contributed by atoms with Crippen LogP contribution in [-0.4, -0.2) is 53.7 Å². The molecule has 188 valence electrons. The third kappa shape index (κ3) is 7.69. The molecule has 1 heterocycles. The highest BCUT2D eigenvalue weighted by molar-refractivity contribution is 6.32. The molecule has 2 amide bonds. The van der Waals surface area contributed by atoms with E-state index in [1.807, 2.05) is 6.92 Å². The molecule has 3 rings (SSSR count). The highest BCUT2D eigenvalue weighted by Crippen LogP contribution is 2.35. The van der Waals surface area contributed by atoms with Gasteiger partial charge < -0.3 is 15.0 Å². The van der Waals surface area contributed by atoms with Gasteiger partial charge in [-0.15, -0.1) is 13.2 Å². The number of halogens is 5. The Hall–Kier alpha value is -3.11. The second-order valence-corrected chi connectivity index (χ2v) is 8.58. The van der Waals surface area contributed by atoms with Crippen LogP contribution in [-0.2, 0) is 16.1 Å². The van der Waals surface area contributed by atoms with Crippen LogP contribution in [0, 0.1) is 5.82 Å². The van der Waals surface area contributed by atoms with Crippen LogP contribution < -0.4 is 10.1 Å². The largest absolute Gasteiger partial charge is 0.573 e. The monoisotopic (exact) mass is 513 g/mol. The molecule has 2 aromatic rings. The lowest BCUT2D eigenvalue weighted by Gasteiger charge is -2.39. The number of carbonyl (C=O) groups excluding carboxylic acids is 2. The Kier molecular flexibility index (Phi) is 8.39. The summed E-state index contributed by atoms with van der Waals surface area (Å²) in [5.74, 6) is -1.75. The van der Waals surface area contributed by atoms with Gasteiger partial charge in [-0.1, -0.05) is 23.7 Å². The number of nitrogens with one attached hydrogen (secondary N) is 1. The molecule has 0 saturated carbocycles. The molecule has 11 heteroatoms. The van der Waals surface area contributed by atoms with Gasteiger partial charge in [0.1, 0.15) is 11.6 Å². The summed E-state index contributed by atoms with van der Waals surface area (Å²) in [5, 5.41) is 2.14. The van der Waals surface area contributed by atoms with Gasteiger partial charge in [-0.25, -0.2) is 4.39 Å². The minimum atomic E-state index is -4.96. The number of amides is 2. The van der Waals surface area contributed by atoms with Crippen molar-refractivity contribution in [1.82, 2.24) is 9.80 Å². The zero-order valence-electron chi connectivity index (χ0n) is 19.0. The Balaban J connectivity index is 1.71. The van der Waals surface area contributed by atoms with Gasteiger partial charge in [0.15, 0.2) is 0 Å². The Morgan fingerprint density at radius 3 is 2.49 bits per heavy atom. The summed E-state index contributed by atoms with van der Waals surface area (Å²) in [5.41, 5.74) is 1.22. The van der Waals surface area contributed by atoms with E-state index in [4.69, 9.17) is 11.6 Å². The van der Waals surface area contributed by atoms with Gasteiger partial charge in [-0.2, -0.15) is 0 Å². The quantitative estimate of drug-likeness (QED) is 0.432. The van der Waals surface area contributed by atoms with Crippen LogP contribution in [0.2, 0.25) is 5.02 Å². The van der Waals surface area contributed by atoms with Gasteiger partial charge in [0, 0.05) is 56.5 Å². The van der Waals surface area contributed by atoms with Crippen LogP contribution >= 0.6 is 11.6 Å². The first-order valence-electron chi connectivity index (χ1n) is 10.7. The lowest BCUT2D eigenvalue weighted by Crippen LogP contribution is -2.53. The lowest BCUT2D eigenvalue weighted by molar-refractivity contribution is -0.274. The van der Waals surface area contributed by atoms with E-state index in [0.717, 1.165) is 17.7 Å². The van der Waals surface area contributed by atoms with Gasteiger partial charge in [0.25, 0.3) is 0 Å². The fourth-order valence-corrected chi connectivity index (χ4v) is 4.02. The fourth-order valence-electron chi connectivity index (χ4n) is 3.82. The van der Waals surface area contributed by atoms with Crippen LogP contribution in [0.4, 0.5) is 23.2 Å². The first-order chi connectivity index (χ1) is 16.4. The van der Waals surface area contributed by atoms with Crippen molar-refractivity contribution in [3.05, 3.63) is 64.4 Å². The van der Waals surface area contributed by atoms with Crippen LogP contribution in [0.1, 0.15) is 25.0 Å². The number of rotatable bonds is 6. The maximum Gasteiger partial charge on any atom is 0.573 e. The molecule has 0 spiro atoms. The van der Waals surface area contributed by atoms with E-state index >= 15 is 0 Å². The summed E-state index contributed by atoms with van der Waals surface area (Å²) in [6, 6.07) is 8.25. The number of ether oxygens (including phenoxy) is 1. The molecule has 0 radical (unpaired) electrons. The number of nitrogens with zero attached hydrogens (tertiary/aromatic N) is 2. The third-order valence-electron chi connectivity index (χ3n) is 5.36. The van der Waals surface area contributed by atoms with Crippen LogP contribution in [0.15, 0.2) is 42.5 Å². The van der Waals surface area contributed by atoms with Gasteiger partial charge in [0.05, 0.1) is 5.02 Å². The summed E-state index contributed by atoms with van der Waals surface area (Å²) in [6.45, 7) is 5.38. The number of carbonyl (C=O) groups is 2. The topological polar surface area (TPSA) is 61.9 Å². The van der Waals surface area contributed by atoms with Crippen molar-refractivity contribution in [3.63, 3.8) is 0 Å². The molecule has 1 aliphatic heterocycles. The highest BCUT2D eigenvalue weighted by Gasteiger charge is 2.32. The van der Waals surface area contributed by atoms with E-state index in [9.17, 15) is 27.2 Å². The molecule has 1 atom stereocenters. The molecule has 1 saturated heterocycles. The maximum absolute atomic E-state index is 13.1. The molecule has 2 aromatic carbocycles.